The molecule has 2 atom stereocenters. The van der Waals surface area contributed by atoms with E-state index in [-0.39, 0.29) is 44.6 Å². The summed E-state index contributed by atoms with van der Waals surface area (Å²) in [6.45, 7) is 31.6. The molecule has 15 nitrogen and oxygen atoms in total. The molecule has 5 aromatic carbocycles. The minimum absolute atomic E-state index is 0.145. The molecule has 137 heavy (non-hydrogen) atoms. The Balaban J connectivity index is 1.43. The summed E-state index contributed by atoms with van der Waals surface area (Å²) in [4.78, 5) is 45.1. The number of carbonyl (C=O) groups is 3. The molecule has 0 saturated carbocycles. The average Bonchev–Trinajstić information content (AvgIpc) is 0.751. The summed E-state index contributed by atoms with van der Waals surface area (Å²) in [5, 5.41) is 22.8. The van der Waals surface area contributed by atoms with Gasteiger partial charge in [0.15, 0.2) is 23.0 Å². The number of carbonyl (C=O) groups excluding carboxylic acids is 3. The van der Waals surface area contributed by atoms with Gasteiger partial charge in [0.2, 0.25) is 17.4 Å². The van der Waals surface area contributed by atoms with Crippen molar-refractivity contribution < 1.29 is 57.4 Å². The van der Waals surface area contributed by atoms with E-state index in [1.165, 1.54) is 238 Å². The Morgan fingerprint density at radius 2 is 0.562 bits per heavy atom. The van der Waals surface area contributed by atoms with Crippen LogP contribution in [0.25, 0.3) is 0 Å². The number of benzene rings is 5. The van der Waals surface area contributed by atoms with Crippen molar-refractivity contribution >= 4 is 29.3 Å². The van der Waals surface area contributed by atoms with Crippen LogP contribution in [0.2, 0.25) is 5.02 Å². The molecular formula is C121H200ClN3O12. The predicted octanol–water partition coefficient (Wildman–Crippen LogP) is 33.8. The largest absolute Gasteiger partial charge is 0.491 e. The van der Waals surface area contributed by atoms with E-state index in [1.54, 1.807) is 18.2 Å². The molecular weight excluding hydrogens is 1720 g/mol. The first-order valence-corrected chi connectivity index (χ1v) is 56.9. The van der Waals surface area contributed by atoms with Crippen LogP contribution in [0.15, 0.2) is 103 Å². The van der Waals surface area contributed by atoms with Crippen molar-refractivity contribution in [3.8, 4) is 40.2 Å². The van der Waals surface area contributed by atoms with Crippen molar-refractivity contribution in [2.45, 2.75) is 461 Å². The second-order valence-corrected chi connectivity index (χ2v) is 42.7. The number of hydrogen-bond donors (Lipinski definition) is 4. The van der Waals surface area contributed by atoms with Gasteiger partial charge in [-0.05, 0) is 135 Å². The fourth-order valence-corrected chi connectivity index (χ4v) is 18.5. The van der Waals surface area contributed by atoms with E-state index in [1.807, 2.05) is 84.9 Å². The Bertz CT molecular complexity index is 3690. The highest BCUT2D eigenvalue weighted by Crippen LogP contribution is 2.45. The van der Waals surface area contributed by atoms with Crippen LogP contribution in [0.4, 0.5) is 0 Å². The van der Waals surface area contributed by atoms with Crippen molar-refractivity contribution in [3.05, 3.63) is 136 Å². The first-order chi connectivity index (χ1) is 66.7. The molecule has 2 unspecified atom stereocenters. The second kappa shape index (κ2) is 78.9. The van der Waals surface area contributed by atoms with Crippen LogP contribution in [-0.4, -0.2) is 101 Å². The normalized spacial score (nSPS) is 12.4. The van der Waals surface area contributed by atoms with Crippen LogP contribution in [0.5, 0.6) is 40.2 Å². The molecule has 5 aromatic rings. The molecule has 0 aliphatic heterocycles. The third kappa shape index (κ3) is 57.3. The highest BCUT2D eigenvalue weighted by Gasteiger charge is 2.38. The van der Waals surface area contributed by atoms with E-state index in [0.29, 0.717) is 132 Å². The molecule has 3 amide bonds. The minimum atomic E-state index is -1.64. The van der Waals surface area contributed by atoms with Gasteiger partial charge in [0, 0.05) is 40.4 Å². The zero-order valence-corrected chi connectivity index (χ0v) is 90.0. The summed E-state index contributed by atoms with van der Waals surface area (Å²) in [5.74, 6) is 7.04. The fraction of sp³-hybridized carbons (Fsp3) is 0.727. The molecule has 16 heteroatoms. The number of halogens is 1. The highest BCUT2D eigenvalue weighted by molar-refractivity contribution is 6.31. The molecule has 0 heterocycles. The van der Waals surface area contributed by atoms with Gasteiger partial charge in [-0.1, -0.05) is 470 Å². The van der Waals surface area contributed by atoms with Gasteiger partial charge in [-0.15, -0.1) is 0 Å². The third-order valence-corrected chi connectivity index (χ3v) is 27.1. The Morgan fingerprint density at radius 3 is 0.905 bits per heavy atom. The first kappa shape index (κ1) is 121. The Morgan fingerprint density at radius 1 is 0.277 bits per heavy atom. The number of hydrogen-bond acceptors (Lipinski definition) is 12. The van der Waals surface area contributed by atoms with Crippen molar-refractivity contribution in [2.75, 3.05) is 72.6 Å². The zero-order chi connectivity index (χ0) is 98.7. The highest BCUT2D eigenvalue weighted by atomic mass is 35.5. The smallest absolute Gasteiger partial charge is 0.252 e. The van der Waals surface area contributed by atoms with Crippen molar-refractivity contribution in [1.29, 1.82) is 0 Å². The fourth-order valence-electron chi connectivity index (χ4n) is 18.2. The summed E-state index contributed by atoms with van der Waals surface area (Å²) in [7, 11) is 0. The number of aliphatic hydroxyl groups is 1. The van der Waals surface area contributed by atoms with Gasteiger partial charge >= 0.3 is 0 Å². The minimum Gasteiger partial charge on any atom is -0.491 e. The van der Waals surface area contributed by atoms with Crippen LogP contribution in [0.3, 0.4) is 0 Å². The molecule has 0 aliphatic rings. The Kier molecular flexibility index (Phi) is 69.5. The van der Waals surface area contributed by atoms with Gasteiger partial charge in [-0.2, -0.15) is 0 Å². The molecule has 0 aromatic heterocycles. The second-order valence-electron chi connectivity index (χ2n) is 42.3. The van der Waals surface area contributed by atoms with Crippen molar-refractivity contribution in [1.82, 2.24) is 16.0 Å². The lowest BCUT2D eigenvalue weighted by molar-refractivity contribution is -0.123. The van der Waals surface area contributed by atoms with E-state index in [0.717, 1.165) is 145 Å². The van der Waals surface area contributed by atoms with E-state index < -0.39 is 17.6 Å². The van der Waals surface area contributed by atoms with Gasteiger partial charge < -0.3 is 59.0 Å². The molecule has 0 fully saturated rings. The van der Waals surface area contributed by atoms with Crippen LogP contribution >= 0.6 is 11.6 Å². The molecule has 4 N–H and O–H groups in total. The maximum atomic E-state index is 15.4. The quantitative estimate of drug-likeness (QED) is 0.0214. The van der Waals surface area contributed by atoms with Gasteiger partial charge in [0.1, 0.15) is 24.0 Å². The lowest BCUT2D eigenvalue weighted by Gasteiger charge is -2.32. The molecule has 0 aliphatic carbocycles. The maximum Gasteiger partial charge on any atom is 0.252 e. The SMILES string of the molecule is CC(C)CCCCCCCCCCOc1cc(C(=O)NCCCCC(NC(=O)c2cc(OCCCCCCCCCCC(C)C)c(OCCCCCCCCCCC(C)C)c(OCCCCCCCCCCC(C)C)c2)C(=O)NCCOCCOc2ccccc2C(O)(c2ccccc2)c2ccccc2Cl)cc(OCCCCCCCCCCC(C)C)c1OCCCCCCCCCCC(C)C. The predicted molar refractivity (Wildman–Crippen MR) is 577 cm³/mol. The number of rotatable bonds is 91. The summed E-state index contributed by atoms with van der Waals surface area (Å²) < 4.78 is 53.3. The molecule has 0 spiro atoms. The van der Waals surface area contributed by atoms with Crippen molar-refractivity contribution in [3.63, 3.8) is 0 Å². The molecule has 0 saturated heterocycles. The van der Waals surface area contributed by atoms with Gasteiger partial charge in [-0.3, -0.25) is 14.4 Å². The number of unbranched alkanes of at least 4 members (excludes halogenated alkanes) is 43. The van der Waals surface area contributed by atoms with Gasteiger partial charge in [0.25, 0.3) is 11.8 Å². The molecule has 0 radical (unpaired) electrons. The Hall–Kier alpha value is -6.68. The van der Waals surface area contributed by atoms with Gasteiger partial charge in [-0.25, -0.2) is 0 Å². The van der Waals surface area contributed by atoms with Gasteiger partial charge in [0.05, 0.1) is 52.9 Å². The van der Waals surface area contributed by atoms with Crippen LogP contribution in [0, 0.1) is 35.5 Å². The summed E-state index contributed by atoms with van der Waals surface area (Å²) in [5.41, 5.74) is 0.791. The zero-order valence-electron chi connectivity index (χ0n) is 89.3. The number of nitrogens with one attached hydrogen (secondary N) is 3. The van der Waals surface area contributed by atoms with E-state index in [2.05, 4.69) is 99.0 Å². The average molecular weight is 1920 g/mol. The molecule has 778 valence electrons. The summed E-state index contributed by atoms with van der Waals surface area (Å²) in [6.07, 6.45) is 65.9. The summed E-state index contributed by atoms with van der Waals surface area (Å²) in [6, 6.07) is 30.5. The first-order valence-electron chi connectivity index (χ1n) is 56.5. The molecule has 0 bridgehead atoms. The standard InChI is InChI=1S/C121H200ClN3O12/c1-98(2)70-50-37-25-13-19-31-43-64-85-131-112-94-104(95-113(132-86-65-44-32-20-14-26-38-51-71-99(3)4)116(112)136-89-68-47-35-23-17-29-41-54-74-102(9)10)118(126)123-83-63-62-81-110(120(128)124-84-91-130-92-93-135-111-82-61-59-79-108(111)121(129,106-76-56-49-57-77-106)107-78-58-60-80-109(107)122)125-119(127)105-96-114(133-87-66-45-33-21-15-27-39-52-72-100(5)6)117(137-90-69-48-36-24-18-30-42-55-75-103(11)12)115(97-105)134-88-67-46-34-22-16-28-40-53-73-101(7)8/h49,56-61,76-80,82,94-103,110,129H,13-48,50-55,62-75,81,83-93H2,1-12H3,(H,123,126)(H,124,128)(H,125,127). The van der Waals surface area contributed by atoms with Crippen LogP contribution in [-0.2, 0) is 15.1 Å². The summed E-state index contributed by atoms with van der Waals surface area (Å²) >= 11 is 6.86. The topological polar surface area (TPSA) is 181 Å². The van der Waals surface area contributed by atoms with Crippen LogP contribution < -0.4 is 49.1 Å². The Labute approximate surface area is 842 Å². The van der Waals surface area contributed by atoms with E-state index in [4.69, 9.17) is 49.5 Å². The van der Waals surface area contributed by atoms with E-state index >= 15 is 4.79 Å². The number of amides is 3. The lowest BCUT2D eigenvalue weighted by atomic mass is 9.80. The maximum absolute atomic E-state index is 15.4. The van der Waals surface area contributed by atoms with Crippen LogP contribution in [0.1, 0.15) is 486 Å². The third-order valence-electron chi connectivity index (χ3n) is 26.7. The van der Waals surface area contributed by atoms with Crippen molar-refractivity contribution in [2.24, 2.45) is 35.5 Å². The molecule has 5 rings (SSSR count). The van der Waals surface area contributed by atoms with E-state index in [9.17, 15) is 14.7 Å². The monoisotopic (exact) mass is 1920 g/mol. The number of para-hydroxylation sites is 1. The lowest BCUT2D eigenvalue weighted by Crippen LogP contribution is -2.47. The number of ether oxygens (including phenoxy) is 8.